The van der Waals surface area contributed by atoms with Crippen molar-refractivity contribution in [3.05, 3.63) is 198 Å². The van der Waals surface area contributed by atoms with Crippen LogP contribution in [-0.4, -0.2) is 4.98 Å². The molecule has 1 heteroatoms. The minimum Gasteiger partial charge on any atom is -0.256 e. The van der Waals surface area contributed by atoms with Gasteiger partial charge in [-0.3, -0.25) is 4.98 Å². The molecule has 0 fully saturated rings. The zero-order valence-electron chi connectivity index (χ0n) is 26.7. The average molecular weight is 620 g/mol. The Morgan fingerprint density at radius 3 is 1.51 bits per heavy atom. The maximum atomic E-state index is 4.60. The topological polar surface area (TPSA) is 12.9 Å². The van der Waals surface area contributed by atoms with Crippen LogP contribution in [0.3, 0.4) is 0 Å². The van der Waals surface area contributed by atoms with Crippen LogP contribution in [0.1, 0.15) is 22.3 Å². The first-order valence-corrected chi connectivity index (χ1v) is 17.1. The number of aromatic nitrogens is 1. The highest BCUT2D eigenvalue weighted by Gasteiger charge is 2.53. The number of pyridine rings is 1. The lowest BCUT2D eigenvalue weighted by Gasteiger charge is -2.33. The van der Waals surface area contributed by atoms with Crippen molar-refractivity contribution in [3.8, 4) is 44.6 Å². The molecule has 1 spiro atoms. The first-order valence-electron chi connectivity index (χ1n) is 17.1. The molecule has 49 heavy (non-hydrogen) atoms. The maximum absolute atomic E-state index is 4.60. The second-order valence-electron chi connectivity index (χ2n) is 13.4. The second-order valence-corrected chi connectivity index (χ2v) is 13.4. The van der Waals surface area contributed by atoms with Gasteiger partial charge in [0.15, 0.2) is 0 Å². The summed E-state index contributed by atoms with van der Waals surface area (Å²) < 4.78 is 0. The van der Waals surface area contributed by atoms with Crippen LogP contribution in [-0.2, 0) is 5.41 Å². The molecule has 1 nitrogen and oxygen atoms in total. The smallest absolute Gasteiger partial charge is 0.0737 e. The molecule has 1 heterocycles. The minimum atomic E-state index is -0.470. The van der Waals surface area contributed by atoms with E-state index in [1.54, 1.807) is 0 Å². The van der Waals surface area contributed by atoms with Crippen molar-refractivity contribution in [1.82, 2.24) is 4.98 Å². The van der Waals surface area contributed by atoms with Crippen LogP contribution in [0.2, 0.25) is 0 Å². The Bertz CT molecular complexity index is 2760. The van der Waals surface area contributed by atoms with Gasteiger partial charge in [-0.2, -0.15) is 0 Å². The summed E-state index contributed by atoms with van der Waals surface area (Å²) in [5.41, 5.74) is 15.0. The molecule has 0 N–H and O–H groups in total. The van der Waals surface area contributed by atoms with Crippen molar-refractivity contribution >= 4 is 32.3 Å². The van der Waals surface area contributed by atoms with Gasteiger partial charge in [-0.05, 0) is 106 Å². The van der Waals surface area contributed by atoms with Gasteiger partial charge in [0.2, 0.25) is 0 Å². The molecule has 1 aromatic heterocycles. The van der Waals surface area contributed by atoms with Crippen LogP contribution < -0.4 is 0 Å². The summed E-state index contributed by atoms with van der Waals surface area (Å²) in [5.74, 6) is 0. The molecule has 8 aromatic carbocycles. The first-order chi connectivity index (χ1) is 24.3. The molecule has 0 saturated carbocycles. The lowest BCUT2D eigenvalue weighted by molar-refractivity contribution is 0.809. The van der Waals surface area contributed by atoms with Gasteiger partial charge in [0.05, 0.1) is 11.1 Å². The largest absolute Gasteiger partial charge is 0.256 e. The van der Waals surface area contributed by atoms with Gasteiger partial charge < -0.3 is 0 Å². The van der Waals surface area contributed by atoms with Crippen molar-refractivity contribution in [2.45, 2.75) is 5.41 Å². The van der Waals surface area contributed by atoms with Gasteiger partial charge in [0, 0.05) is 11.8 Å². The SMILES string of the molecule is c1ccc(-c2ccc(-c3cc4c(c5ccccc35)C3(c5ccccc5-c5ccccc53)c3c-4c4ccccc4c4ccccc34)cc2)nc1. The third kappa shape index (κ3) is 3.41. The number of benzene rings is 8. The highest BCUT2D eigenvalue weighted by molar-refractivity contribution is 6.22. The van der Waals surface area contributed by atoms with Crippen LogP contribution >= 0.6 is 0 Å². The Morgan fingerprint density at radius 2 is 0.857 bits per heavy atom. The standard InChI is InChI=1S/C48H29N/c1-4-18-37-32(13-1)33-14-2-6-20-39(33)47-45(37)41-29-40(30-24-26-31(27-25-30)44-23-11-12-28-49-44)34-15-3-5-19-38(34)46(41)48(47)42-21-9-7-16-35(42)36-17-8-10-22-43(36)48/h1-29H. The molecule has 0 atom stereocenters. The molecule has 0 saturated heterocycles. The van der Waals surface area contributed by atoms with E-state index in [4.69, 9.17) is 0 Å². The zero-order valence-corrected chi connectivity index (χ0v) is 26.7. The normalized spacial score (nSPS) is 13.5. The van der Waals surface area contributed by atoms with Crippen molar-refractivity contribution < 1.29 is 0 Å². The molecular formula is C48H29N. The summed E-state index contributed by atoms with van der Waals surface area (Å²) in [4.78, 5) is 4.60. The Kier molecular flexibility index (Phi) is 5.38. The Hall–Kier alpha value is -6.31. The number of nitrogens with zero attached hydrogens (tertiary/aromatic N) is 1. The van der Waals surface area contributed by atoms with E-state index in [9.17, 15) is 0 Å². The molecule has 2 aliphatic carbocycles. The van der Waals surface area contributed by atoms with E-state index >= 15 is 0 Å². The summed E-state index contributed by atoms with van der Waals surface area (Å²) >= 11 is 0. The van der Waals surface area contributed by atoms with Crippen LogP contribution in [0.15, 0.2) is 176 Å². The fourth-order valence-corrected chi connectivity index (χ4v) is 9.28. The van der Waals surface area contributed by atoms with Crippen molar-refractivity contribution in [2.24, 2.45) is 0 Å². The van der Waals surface area contributed by atoms with Crippen LogP contribution in [0, 0.1) is 0 Å². The lowest BCUT2D eigenvalue weighted by Crippen LogP contribution is -2.26. The monoisotopic (exact) mass is 619 g/mol. The highest BCUT2D eigenvalue weighted by atomic mass is 14.7. The fraction of sp³-hybridized carbons (Fsp3) is 0.0208. The summed E-state index contributed by atoms with van der Waals surface area (Å²) in [6.45, 7) is 0. The third-order valence-electron chi connectivity index (χ3n) is 11.1. The van der Waals surface area contributed by atoms with Crippen molar-refractivity contribution in [3.63, 3.8) is 0 Å². The molecule has 0 radical (unpaired) electrons. The van der Waals surface area contributed by atoms with E-state index in [0.717, 1.165) is 11.3 Å². The van der Waals surface area contributed by atoms with Crippen LogP contribution in [0.4, 0.5) is 0 Å². The van der Waals surface area contributed by atoms with E-state index < -0.39 is 5.41 Å². The van der Waals surface area contributed by atoms with Crippen LogP contribution in [0.25, 0.3) is 77.0 Å². The zero-order chi connectivity index (χ0) is 32.1. The summed E-state index contributed by atoms with van der Waals surface area (Å²) in [7, 11) is 0. The Labute approximate surface area is 284 Å². The summed E-state index contributed by atoms with van der Waals surface area (Å²) in [6.07, 6.45) is 1.86. The number of hydrogen-bond donors (Lipinski definition) is 0. The Morgan fingerprint density at radius 1 is 0.347 bits per heavy atom. The summed E-state index contributed by atoms with van der Waals surface area (Å²) in [6, 6.07) is 63.0. The second kappa shape index (κ2) is 9.86. The van der Waals surface area contributed by atoms with Crippen molar-refractivity contribution in [1.29, 1.82) is 0 Å². The van der Waals surface area contributed by atoms with Gasteiger partial charge in [-0.15, -0.1) is 0 Å². The molecule has 0 unspecified atom stereocenters. The number of fused-ring (bicyclic) bond motifs is 17. The molecular weight excluding hydrogens is 591 g/mol. The quantitative estimate of drug-likeness (QED) is 0.175. The van der Waals surface area contributed by atoms with Gasteiger partial charge >= 0.3 is 0 Å². The molecule has 11 rings (SSSR count). The van der Waals surface area contributed by atoms with Gasteiger partial charge in [0.1, 0.15) is 0 Å². The van der Waals surface area contributed by atoms with Gasteiger partial charge in [-0.1, -0.05) is 152 Å². The third-order valence-corrected chi connectivity index (χ3v) is 11.1. The van der Waals surface area contributed by atoms with E-state index in [2.05, 4.69) is 163 Å². The highest BCUT2D eigenvalue weighted by Crippen LogP contribution is 2.67. The van der Waals surface area contributed by atoms with Gasteiger partial charge in [0.25, 0.3) is 0 Å². The predicted molar refractivity (Wildman–Crippen MR) is 204 cm³/mol. The Balaban J connectivity index is 1.34. The minimum absolute atomic E-state index is 0.470. The van der Waals surface area contributed by atoms with Crippen molar-refractivity contribution in [2.75, 3.05) is 0 Å². The molecule has 0 bridgehead atoms. The maximum Gasteiger partial charge on any atom is 0.0737 e. The number of rotatable bonds is 2. The van der Waals surface area contributed by atoms with Crippen LogP contribution in [0.5, 0.6) is 0 Å². The molecule has 2 aliphatic rings. The molecule has 226 valence electrons. The predicted octanol–water partition coefficient (Wildman–Crippen LogP) is 12.2. The fourth-order valence-electron chi connectivity index (χ4n) is 9.28. The lowest BCUT2D eigenvalue weighted by atomic mass is 9.68. The molecule has 0 amide bonds. The first kappa shape index (κ1) is 26.7. The van der Waals surface area contributed by atoms with Gasteiger partial charge in [-0.25, -0.2) is 0 Å². The number of hydrogen-bond acceptors (Lipinski definition) is 1. The average Bonchev–Trinajstić information content (AvgIpc) is 3.66. The molecule has 0 aliphatic heterocycles. The molecule has 9 aromatic rings. The van der Waals surface area contributed by atoms with E-state index in [1.807, 2.05) is 18.3 Å². The van der Waals surface area contributed by atoms with E-state index in [-0.39, 0.29) is 0 Å². The summed E-state index contributed by atoms with van der Waals surface area (Å²) in [5, 5.41) is 7.82. The van der Waals surface area contributed by atoms with E-state index in [0.29, 0.717) is 0 Å². The van der Waals surface area contributed by atoms with E-state index in [1.165, 1.54) is 88.0 Å².